The van der Waals surface area contributed by atoms with Crippen molar-refractivity contribution in [1.82, 2.24) is 15.0 Å². The van der Waals surface area contributed by atoms with Crippen molar-refractivity contribution in [3.05, 3.63) is 35.2 Å². The Labute approximate surface area is 121 Å². The minimum absolute atomic E-state index is 0.00546. The van der Waals surface area contributed by atoms with E-state index >= 15 is 0 Å². The van der Waals surface area contributed by atoms with E-state index in [-0.39, 0.29) is 13.2 Å². The highest BCUT2D eigenvalue weighted by Gasteiger charge is 2.14. The molecule has 20 heavy (non-hydrogen) atoms. The summed E-state index contributed by atoms with van der Waals surface area (Å²) in [5.74, 6) is 0.848. The number of aliphatic hydroxyl groups excluding tert-OH is 2. The number of aliphatic hydroxyl groups is 2. The van der Waals surface area contributed by atoms with Crippen molar-refractivity contribution >= 4 is 11.6 Å². The van der Waals surface area contributed by atoms with E-state index in [4.69, 9.17) is 26.3 Å². The summed E-state index contributed by atoms with van der Waals surface area (Å²) in [5, 5.41) is 22.4. The molecule has 0 fully saturated rings. The fourth-order valence-corrected chi connectivity index (χ4v) is 2.04. The van der Waals surface area contributed by atoms with Crippen LogP contribution in [0.25, 0.3) is 11.4 Å². The number of aromatic nitrogens is 2. The molecule has 0 unspecified atom stereocenters. The Kier molecular flexibility index (Phi) is 5.49. The second-order valence-corrected chi connectivity index (χ2v) is 4.62. The Hall–Kier alpha value is -1.47. The van der Waals surface area contributed by atoms with Crippen molar-refractivity contribution < 1.29 is 14.7 Å². The molecule has 2 aromatic rings. The molecule has 0 aliphatic heterocycles. The maximum atomic E-state index is 8.95. The van der Waals surface area contributed by atoms with Crippen molar-refractivity contribution in [2.75, 3.05) is 26.3 Å². The van der Waals surface area contributed by atoms with E-state index in [1.807, 2.05) is 23.1 Å². The molecule has 0 saturated carbocycles. The van der Waals surface area contributed by atoms with Crippen LogP contribution in [0.15, 0.2) is 28.8 Å². The van der Waals surface area contributed by atoms with Gasteiger partial charge >= 0.3 is 0 Å². The van der Waals surface area contributed by atoms with E-state index in [0.717, 1.165) is 0 Å². The SMILES string of the molecule is OCCN(CCO)Cc1nc(-c2ccccc2Cl)no1. The molecule has 0 spiro atoms. The lowest BCUT2D eigenvalue weighted by Gasteiger charge is -2.17. The first-order valence-corrected chi connectivity index (χ1v) is 6.64. The fraction of sp³-hybridized carbons (Fsp3) is 0.385. The summed E-state index contributed by atoms with van der Waals surface area (Å²) in [7, 11) is 0. The number of rotatable bonds is 7. The first-order valence-electron chi connectivity index (χ1n) is 6.26. The van der Waals surface area contributed by atoms with Crippen molar-refractivity contribution in [2.45, 2.75) is 6.54 Å². The van der Waals surface area contributed by atoms with E-state index < -0.39 is 0 Å². The van der Waals surface area contributed by atoms with Gasteiger partial charge in [0, 0.05) is 18.7 Å². The molecule has 6 nitrogen and oxygen atoms in total. The Morgan fingerprint density at radius 1 is 1.15 bits per heavy atom. The zero-order chi connectivity index (χ0) is 14.4. The van der Waals surface area contributed by atoms with Crippen LogP contribution in [-0.2, 0) is 6.54 Å². The predicted molar refractivity (Wildman–Crippen MR) is 74.2 cm³/mol. The number of hydrogen-bond donors (Lipinski definition) is 2. The molecule has 0 aliphatic rings. The number of nitrogens with zero attached hydrogens (tertiary/aromatic N) is 3. The van der Waals surface area contributed by atoms with Crippen LogP contribution in [0.2, 0.25) is 5.02 Å². The highest BCUT2D eigenvalue weighted by molar-refractivity contribution is 6.33. The zero-order valence-electron chi connectivity index (χ0n) is 10.9. The summed E-state index contributed by atoms with van der Waals surface area (Å²) in [4.78, 5) is 6.10. The van der Waals surface area contributed by atoms with Gasteiger partial charge in [-0.1, -0.05) is 28.9 Å². The Bertz CT molecular complexity index is 541. The number of halogens is 1. The van der Waals surface area contributed by atoms with E-state index in [2.05, 4.69) is 10.1 Å². The smallest absolute Gasteiger partial charge is 0.241 e. The minimum atomic E-state index is 0.00546. The van der Waals surface area contributed by atoms with Crippen LogP contribution in [0, 0.1) is 0 Å². The molecule has 2 N–H and O–H groups in total. The molecule has 7 heteroatoms. The number of hydrogen-bond acceptors (Lipinski definition) is 6. The summed E-state index contributed by atoms with van der Waals surface area (Å²) in [6, 6.07) is 7.26. The highest BCUT2D eigenvalue weighted by Crippen LogP contribution is 2.24. The average molecular weight is 298 g/mol. The van der Waals surface area contributed by atoms with E-state index in [1.54, 1.807) is 6.07 Å². The van der Waals surface area contributed by atoms with Gasteiger partial charge in [-0.3, -0.25) is 4.90 Å². The molecule has 1 heterocycles. The van der Waals surface area contributed by atoms with Crippen LogP contribution in [0.1, 0.15) is 5.89 Å². The molecule has 0 aliphatic carbocycles. The standard InChI is InChI=1S/C13H16ClN3O3/c14-11-4-2-1-3-10(11)13-15-12(20-16-13)9-17(5-7-18)6-8-19/h1-4,18-19H,5-9H2. The first kappa shape index (κ1) is 14.9. The Balaban J connectivity index is 2.10. The van der Waals surface area contributed by atoms with Crippen LogP contribution < -0.4 is 0 Å². The molecule has 1 aromatic heterocycles. The summed E-state index contributed by atoms with van der Waals surface area (Å²) in [6.45, 7) is 1.25. The van der Waals surface area contributed by atoms with Gasteiger partial charge in [-0.2, -0.15) is 4.98 Å². The molecule has 0 saturated heterocycles. The Morgan fingerprint density at radius 2 is 1.85 bits per heavy atom. The van der Waals surface area contributed by atoms with Gasteiger partial charge in [0.1, 0.15) is 0 Å². The molecule has 0 atom stereocenters. The second kappa shape index (κ2) is 7.35. The lowest BCUT2D eigenvalue weighted by atomic mass is 10.2. The van der Waals surface area contributed by atoms with Crippen molar-refractivity contribution in [2.24, 2.45) is 0 Å². The van der Waals surface area contributed by atoms with Gasteiger partial charge in [-0.25, -0.2) is 0 Å². The first-order chi connectivity index (χ1) is 9.74. The third-order valence-electron chi connectivity index (χ3n) is 2.77. The van der Waals surface area contributed by atoms with Gasteiger partial charge in [0.25, 0.3) is 0 Å². The molecular formula is C13H16ClN3O3. The van der Waals surface area contributed by atoms with Gasteiger partial charge in [-0.05, 0) is 12.1 Å². The molecule has 2 rings (SSSR count). The van der Waals surface area contributed by atoms with Crippen LogP contribution in [0.3, 0.4) is 0 Å². The minimum Gasteiger partial charge on any atom is -0.395 e. The van der Waals surface area contributed by atoms with E-state index in [9.17, 15) is 0 Å². The summed E-state index contributed by atoms with van der Waals surface area (Å²) >= 11 is 6.08. The van der Waals surface area contributed by atoms with E-state index in [0.29, 0.717) is 41.9 Å². The van der Waals surface area contributed by atoms with Gasteiger partial charge in [-0.15, -0.1) is 0 Å². The lowest BCUT2D eigenvalue weighted by Crippen LogP contribution is -2.29. The third-order valence-corrected chi connectivity index (χ3v) is 3.10. The topological polar surface area (TPSA) is 82.6 Å². The largest absolute Gasteiger partial charge is 0.395 e. The summed E-state index contributed by atoms with van der Waals surface area (Å²) in [6.07, 6.45) is 0. The fourth-order valence-electron chi connectivity index (χ4n) is 1.82. The monoisotopic (exact) mass is 297 g/mol. The molecule has 1 aromatic carbocycles. The molecule has 0 amide bonds. The zero-order valence-corrected chi connectivity index (χ0v) is 11.6. The van der Waals surface area contributed by atoms with Crippen molar-refractivity contribution in [1.29, 1.82) is 0 Å². The molecule has 0 radical (unpaired) electrons. The van der Waals surface area contributed by atoms with Gasteiger partial charge < -0.3 is 14.7 Å². The summed E-state index contributed by atoms with van der Waals surface area (Å²) in [5.41, 5.74) is 0.708. The highest BCUT2D eigenvalue weighted by atomic mass is 35.5. The van der Waals surface area contributed by atoms with Crippen molar-refractivity contribution in [3.63, 3.8) is 0 Å². The van der Waals surface area contributed by atoms with E-state index in [1.165, 1.54) is 0 Å². The second-order valence-electron chi connectivity index (χ2n) is 4.21. The van der Waals surface area contributed by atoms with Crippen LogP contribution in [-0.4, -0.2) is 51.6 Å². The van der Waals surface area contributed by atoms with Gasteiger partial charge in [0.15, 0.2) is 0 Å². The van der Waals surface area contributed by atoms with Crippen LogP contribution in [0.5, 0.6) is 0 Å². The van der Waals surface area contributed by atoms with Gasteiger partial charge in [0.2, 0.25) is 11.7 Å². The maximum absolute atomic E-state index is 8.95. The van der Waals surface area contributed by atoms with Crippen molar-refractivity contribution in [3.8, 4) is 11.4 Å². The maximum Gasteiger partial charge on any atom is 0.241 e. The predicted octanol–water partition coefficient (Wildman–Crippen LogP) is 1.18. The lowest BCUT2D eigenvalue weighted by molar-refractivity contribution is 0.143. The van der Waals surface area contributed by atoms with Gasteiger partial charge in [0.05, 0.1) is 24.8 Å². The normalized spacial score (nSPS) is 11.2. The van der Waals surface area contributed by atoms with Crippen LogP contribution in [0.4, 0.5) is 0 Å². The molecule has 108 valence electrons. The quantitative estimate of drug-likeness (QED) is 0.798. The molecule has 0 bridgehead atoms. The average Bonchev–Trinajstić information content (AvgIpc) is 2.88. The number of benzene rings is 1. The summed E-state index contributed by atoms with van der Waals surface area (Å²) < 4.78 is 5.17. The van der Waals surface area contributed by atoms with Crippen LogP contribution >= 0.6 is 11.6 Å². The third kappa shape index (κ3) is 3.77. The molecular weight excluding hydrogens is 282 g/mol. The Morgan fingerprint density at radius 3 is 2.50 bits per heavy atom.